The molecular weight excluding hydrogens is 246 g/mol. The second kappa shape index (κ2) is 5.46. The Morgan fingerprint density at radius 1 is 1.58 bits per heavy atom. The smallest absolute Gasteiger partial charge is 0.250 e. The lowest BCUT2D eigenvalue weighted by Crippen LogP contribution is -2.39. The van der Waals surface area contributed by atoms with Gasteiger partial charge in [-0.1, -0.05) is 6.07 Å². The second-order valence-corrected chi connectivity index (χ2v) is 4.67. The van der Waals surface area contributed by atoms with Crippen molar-refractivity contribution in [2.45, 2.75) is 12.0 Å². The van der Waals surface area contributed by atoms with E-state index in [0.717, 1.165) is 6.42 Å². The Balaban J connectivity index is 2.11. The van der Waals surface area contributed by atoms with Crippen LogP contribution in [0.3, 0.4) is 0 Å². The summed E-state index contributed by atoms with van der Waals surface area (Å²) in [5, 5.41) is 3.20. The fourth-order valence-corrected chi connectivity index (χ4v) is 2.15. The molecule has 0 aromatic heterocycles. The lowest BCUT2D eigenvalue weighted by atomic mass is 10.0. The third-order valence-corrected chi connectivity index (χ3v) is 3.47. The minimum atomic E-state index is -0.535. The van der Waals surface area contributed by atoms with E-state index in [1.54, 1.807) is 25.3 Å². The molecule has 6 heteroatoms. The van der Waals surface area contributed by atoms with E-state index in [1.807, 2.05) is 0 Å². The van der Waals surface area contributed by atoms with Gasteiger partial charge in [-0.2, -0.15) is 0 Å². The number of rotatable bonds is 5. The topological polar surface area (TPSA) is 99.6 Å². The van der Waals surface area contributed by atoms with Crippen molar-refractivity contribution in [2.75, 3.05) is 37.9 Å². The average molecular weight is 265 g/mol. The monoisotopic (exact) mass is 265 g/mol. The molecule has 0 bridgehead atoms. The molecule has 1 atom stereocenters. The third kappa shape index (κ3) is 2.80. The Morgan fingerprint density at radius 3 is 2.95 bits per heavy atom. The van der Waals surface area contributed by atoms with Crippen LogP contribution in [0, 0.1) is 0 Å². The van der Waals surface area contributed by atoms with Crippen molar-refractivity contribution in [3.8, 4) is 0 Å². The maximum Gasteiger partial charge on any atom is 0.250 e. The normalized spacial score (nSPS) is 22.4. The maximum absolute atomic E-state index is 11.2. The molecule has 0 radical (unpaired) electrons. The van der Waals surface area contributed by atoms with Crippen LogP contribution in [-0.4, -0.2) is 38.4 Å². The number of hydrogen-bond acceptors (Lipinski definition) is 5. The van der Waals surface area contributed by atoms with E-state index in [9.17, 15) is 4.79 Å². The molecule has 2 rings (SSSR count). The minimum Gasteiger partial charge on any atom is -0.396 e. The first kappa shape index (κ1) is 13.6. The number of methoxy groups -OCH3 is 1. The van der Waals surface area contributed by atoms with Gasteiger partial charge in [-0.3, -0.25) is 4.79 Å². The van der Waals surface area contributed by atoms with Crippen LogP contribution >= 0.6 is 0 Å². The van der Waals surface area contributed by atoms with E-state index < -0.39 is 5.91 Å². The highest BCUT2D eigenvalue weighted by molar-refractivity contribution is 6.00. The van der Waals surface area contributed by atoms with Crippen molar-refractivity contribution in [1.82, 2.24) is 0 Å². The van der Waals surface area contributed by atoms with Crippen molar-refractivity contribution in [3.63, 3.8) is 0 Å². The van der Waals surface area contributed by atoms with Crippen LogP contribution in [-0.2, 0) is 9.47 Å². The largest absolute Gasteiger partial charge is 0.396 e. The standard InChI is InChI=1S/C13H19N3O3/c1-18-13(5-6-19-8-13)7-16-10-4-2-3-9(11(10)14)12(15)17/h2-4,16H,5-8,14H2,1H3,(H2,15,17). The van der Waals surface area contributed by atoms with Crippen LogP contribution in [0.1, 0.15) is 16.8 Å². The predicted octanol–water partition coefficient (Wildman–Crippen LogP) is 0.585. The third-order valence-electron chi connectivity index (χ3n) is 3.47. The number of ether oxygens (including phenoxy) is 2. The van der Waals surface area contributed by atoms with Crippen molar-refractivity contribution in [2.24, 2.45) is 5.73 Å². The second-order valence-electron chi connectivity index (χ2n) is 4.67. The molecular formula is C13H19N3O3. The Labute approximate surface area is 112 Å². The van der Waals surface area contributed by atoms with Crippen molar-refractivity contribution in [3.05, 3.63) is 23.8 Å². The summed E-state index contributed by atoms with van der Waals surface area (Å²) in [5.41, 5.74) is 12.2. The molecule has 0 spiro atoms. The van der Waals surface area contributed by atoms with Gasteiger partial charge in [0.25, 0.3) is 5.91 Å². The minimum absolute atomic E-state index is 0.319. The number of para-hydroxylation sites is 1. The molecule has 1 aliphatic heterocycles. The van der Waals surface area contributed by atoms with Crippen LogP contribution in [0.15, 0.2) is 18.2 Å². The maximum atomic E-state index is 11.2. The fourth-order valence-electron chi connectivity index (χ4n) is 2.15. The van der Waals surface area contributed by atoms with Crippen molar-refractivity contribution in [1.29, 1.82) is 0 Å². The molecule has 1 aromatic rings. The van der Waals surface area contributed by atoms with Crippen LogP contribution < -0.4 is 16.8 Å². The van der Waals surface area contributed by atoms with Gasteiger partial charge in [0.05, 0.1) is 23.5 Å². The summed E-state index contributed by atoms with van der Waals surface area (Å²) >= 11 is 0. The predicted molar refractivity (Wildman–Crippen MR) is 73.0 cm³/mol. The number of primary amides is 1. The average Bonchev–Trinajstić information content (AvgIpc) is 2.87. The Hall–Kier alpha value is -1.79. The number of nitrogens with one attached hydrogen (secondary N) is 1. The summed E-state index contributed by atoms with van der Waals surface area (Å²) < 4.78 is 10.9. The highest BCUT2D eigenvalue weighted by atomic mass is 16.5. The zero-order valence-corrected chi connectivity index (χ0v) is 10.9. The molecule has 5 N–H and O–H groups in total. The molecule has 0 aliphatic carbocycles. The molecule has 1 amide bonds. The molecule has 1 heterocycles. The van der Waals surface area contributed by atoms with E-state index in [2.05, 4.69) is 5.32 Å². The number of hydrogen-bond donors (Lipinski definition) is 3. The summed E-state index contributed by atoms with van der Waals surface area (Å²) in [4.78, 5) is 11.2. The molecule has 1 saturated heterocycles. The van der Waals surface area contributed by atoms with Crippen LogP contribution in [0.4, 0.5) is 11.4 Å². The van der Waals surface area contributed by atoms with Crippen LogP contribution in [0.2, 0.25) is 0 Å². The molecule has 1 aromatic carbocycles. The molecule has 104 valence electrons. The van der Waals surface area contributed by atoms with Crippen molar-refractivity contribution >= 4 is 17.3 Å². The lowest BCUT2D eigenvalue weighted by Gasteiger charge is -2.27. The summed E-state index contributed by atoms with van der Waals surface area (Å²) in [5.74, 6) is -0.535. The SMILES string of the molecule is COC1(CNc2cccc(C(N)=O)c2N)CCOC1. The Morgan fingerprint density at radius 2 is 2.37 bits per heavy atom. The van der Waals surface area contributed by atoms with Gasteiger partial charge >= 0.3 is 0 Å². The number of benzene rings is 1. The summed E-state index contributed by atoms with van der Waals surface area (Å²) in [7, 11) is 1.67. The number of anilines is 2. The van der Waals surface area contributed by atoms with Gasteiger partial charge in [-0.25, -0.2) is 0 Å². The molecule has 6 nitrogen and oxygen atoms in total. The molecule has 1 fully saturated rings. The molecule has 0 saturated carbocycles. The quantitative estimate of drug-likeness (QED) is 0.676. The first-order valence-electron chi connectivity index (χ1n) is 6.13. The number of amides is 1. The van der Waals surface area contributed by atoms with E-state index >= 15 is 0 Å². The van der Waals surface area contributed by atoms with Crippen LogP contribution in [0.5, 0.6) is 0 Å². The number of nitrogen functional groups attached to an aromatic ring is 1. The van der Waals surface area contributed by atoms with Gasteiger partial charge in [-0.05, 0) is 12.1 Å². The van der Waals surface area contributed by atoms with Gasteiger partial charge in [0.1, 0.15) is 5.60 Å². The number of carbonyl (C=O) groups excluding carboxylic acids is 1. The molecule has 1 aliphatic rings. The van der Waals surface area contributed by atoms with E-state index in [0.29, 0.717) is 36.7 Å². The first-order chi connectivity index (χ1) is 9.08. The van der Waals surface area contributed by atoms with Gasteiger partial charge in [0.2, 0.25) is 0 Å². The fraction of sp³-hybridized carbons (Fsp3) is 0.462. The Kier molecular flexibility index (Phi) is 3.92. The van der Waals surface area contributed by atoms with Gasteiger partial charge in [-0.15, -0.1) is 0 Å². The van der Waals surface area contributed by atoms with Crippen LogP contribution in [0.25, 0.3) is 0 Å². The van der Waals surface area contributed by atoms with Gasteiger partial charge < -0.3 is 26.3 Å². The summed E-state index contributed by atoms with van der Waals surface area (Å²) in [6.07, 6.45) is 0.825. The highest BCUT2D eigenvalue weighted by Gasteiger charge is 2.34. The van der Waals surface area contributed by atoms with Gasteiger partial charge in [0, 0.05) is 26.7 Å². The summed E-state index contributed by atoms with van der Waals surface area (Å²) in [6.45, 7) is 1.80. The first-order valence-corrected chi connectivity index (χ1v) is 6.13. The Bertz CT molecular complexity index is 470. The zero-order chi connectivity index (χ0) is 13.9. The van der Waals surface area contributed by atoms with E-state index in [1.165, 1.54) is 0 Å². The number of carbonyl (C=O) groups is 1. The van der Waals surface area contributed by atoms with Gasteiger partial charge in [0.15, 0.2) is 0 Å². The molecule has 1 unspecified atom stereocenters. The zero-order valence-electron chi connectivity index (χ0n) is 10.9. The van der Waals surface area contributed by atoms with E-state index in [-0.39, 0.29) is 5.60 Å². The highest BCUT2D eigenvalue weighted by Crippen LogP contribution is 2.26. The summed E-state index contributed by atoms with van der Waals surface area (Å²) in [6, 6.07) is 5.15. The number of nitrogens with two attached hydrogens (primary N) is 2. The van der Waals surface area contributed by atoms with E-state index in [4.69, 9.17) is 20.9 Å². The lowest BCUT2D eigenvalue weighted by molar-refractivity contribution is -0.00618. The molecule has 19 heavy (non-hydrogen) atoms. The van der Waals surface area contributed by atoms with Crippen molar-refractivity contribution < 1.29 is 14.3 Å².